The van der Waals surface area contributed by atoms with Gasteiger partial charge >= 0.3 is 12.0 Å². The van der Waals surface area contributed by atoms with Gasteiger partial charge in [-0.2, -0.15) is 0 Å². The predicted molar refractivity (Wildman–Crippen MR) is 73.7 cm³/mol. The fourth-order valence-electron chi connectivity index (χ4n) is 2.12. The van der Waals surface area contributed by atoms with Gasteiger partial charge in [0.05, 0.1) is 6.54 Å². The van der Waals surface area contributed by atoms with Crippen molar-refractivity contribution < 1.29 is 14.3 Å². The number of hydrogen-bond acceptors (Lipinski definition) is 3. The third-order valence-corrected chi connectivity index (χ3v) is 3.25. The monoisotopic (exact) mass is 268 g/mol. The number of carbonyl (C=O) groups excluding carboxylic acids is 2. The molecule has 108 valence electrons. The van der Waals surface area contributed by atoms with Gasteiger partial charge in [0.25, 0.3) is 0 Å². The summed E-state index contributed by atoms with van der Waals surface area (Å²) in [6.07, 6.45) is 6.26. The molecule has 5 nitrogen and oxygen atoms in total. The molecule has 0 heterocycles. The molecule has 0 radical (unpaired) electrons. The summed E-state index contributed by atoms with van der Waals surface area (Å²) in [7, 11) is 0. The smallest absolute Gasteiger partial charge is 0.333 e. The van der Waals surface area contributed by atoms with E-state index >= 15 is 0 Å². The van der Waals surface area contributed by atoms with Gasteiger partial charge in [0.1, 0.15) is 6.61 Å². The Morgan fingerprint density at radius 2 is 1.89 bits per heavy atom. The topological polar surface area (TPSA) is 67.4 Å². The lowest BCUT2D eigenvalue weighted by atomic mass is 9.89. The second-order valence-electron chi connectivity index (χ2n) is 5.06. The molecule has 5 heteroatoms. The van der Waals surface area contributed by atoms with Crippen LogP contribution in [0.15, 0.2) is 12.2 Å². The summed E-state index contributed by atoms with van der Waals surface area (Å²) in [4.78, 5) is 22.6. The highest BCUT2D eigenvalue weighted by Crippen LogP contribution is 2.22. The molecule has 0 spiro atoms. The van der Waals surface area contributed by atoms with E-state index < -0.39 is 5.97 Å². The Hall–Kier alpha value is -1.52. The predicted octanol–water partition coefficient (Wildman–Crippen LogP) is 1.99. The average molecular weight is 268 g/mol. The minimum Gasteiger partial charge on any atom is -0.460 e. The summed E-state index contributed by atoms with van der Waals surface area (Å²) < 4.78 is 4.87. The quantitative estimate of drug-likeness (QED) is 0.440. The Morgan fingerprint density at radius 1 is 1.21 bits per heavy atom. The minimum atomic E-state index is -0.426. The zero-order valence-corrected chi connectivity index (χ0v) is 11.7. The molecular formula is C14H24N2O3. The van der Waals surface area contributed by atoms with E-state index in [-0.39, 0.29) is 12.6 Å². The van der Waals surface area contributed by atoms with Crippen molar-refractivity contribution in [3.05, 3.63) is 12.2 Å². The number of esters is 1. The maximum absolute atomic E-state index is 11.5. The molecule has 0 unspecified atom stereocenters. The van der Waals surface area contributed by atoms with Crippen LogP contribution in [0.3, 0.4) is 0 Å². The molecule has 1 rings (SSSR count). The van der Waals surface area contributed by atoms with Crippen molar-refractivity contribution in [3.63, 3.8) is 0 Å². The molecule has 0 bridgehead atoms. The maximum Gasteiger partial charge on any atom is 0.333 e. The fourth-order valence-corrected chi connectivity index (χ4v) is 2.12. The van der Waals surface area contributed by atoms with E-state index in [0.717, 1.165) is 6.54 Å². The van der Waals surface area contributed by atoms with Gasteiger partial charge in [-0.1, -0.05) is 25.8 Å². The largest absolute Gasteiger partial charge is 0.460 e. The first-order chi connectivity index (χ1) is 9.09. The number of hydrogen-bond donors (Lipinski definition) is 2. The van der Waals surface area contributed by atoms with Crippen molar-refractivity contribution in [1.29, 1.82) is 0 Å². The van der Waals surface area contributed by atoms with E-state index in [2.05, 4.69) is 17.2 Å². The zero-order valence-electron chi connectivity index (χ0n) is 11.7. The first-order valence-electron chi connectivity index (χ1n) is 6.94. The van der Waals surface area contributed by atoms with Crippen LogP contribution in [-0.2, 0) is 9.53 Å². The Kier molecular flexibility index (Phi) is 7.00. The van der Waals surface area contributed by atoms with Crippen LogP contribution in [0.4, 0.5) is 4.79 Å². The van der Waals surface area contributed by atoms with Crippen molar-refractivity contribution in [2.75, 3.05) is 19.7 Å². The molecule has 1 aliphatic rings. The summed E-state index contributed by atoms with van der Waals surface area (Å²) in [6.45, 7) is 6.28. The van der Waals surface area contributed by atoms with Crippen molar-refractivity contribution in [3.8, 4) is 0 Å². The lowest BCUT2D eigenvalue weighted by Gasteiger charge is -2.21. The molecule has 1 aliphatic carbocycles. The lowest BCUT2D eigenvalue weighted by molar-refractivity contribution is -0.138. The Labute approximate surface area is 114 Å². The third-order valence-electron chi connectivity index (χ3n) is 3.25. The van der Waals surface area contributed by atoms with E-state index in [4.69, 9.17) is 4.74 Å². The van der Waals surface area contributed by atoms with E-state index in [1.54, 1.807) is 6.92 Å². The van der Waals surface area contributed by atoms with Crippen LogP contribution in [0.25, 0.3) is 0 Å². The van der Waals surface area contributed by atoms with Gasteiger partial charge in [0, 0.05) is 12.1 Å². The summed E-state index contributed by atoms with van der Waals surface area (Å²) >= 11 is 0. The normalized spacial score (nSPS) is 15.6. The SMILES string of the molecule is C=C(C)C(=O)OCCNC(=O)NCC1CCCCC1. The lowest BCUT2D eigenvalue weighted by Crippen LogP contribution is -2.40. The zero-order chi connectivity index (χ0) is 14.1. The molecule has 2 amide bonds. The van der Waals surface area contributed by atoms with Crippen molar-refractivity contribution >= 4 is 12.0 Å². The van der Waals surface area contributed by atoms with E-state index in [1.807, 2.05) is 0 Å². The number of carbonyl (C=O) groups is 2. The van der Waals surface area contributed by atoms with Gasteiger partial charge in [0.15, 0.2) is 0 Å². The summed E-state index contributed by atoms with van der Waals surface area (Å²) in [6, 6.07) is -0.197. The highest BCUT2D eigenvalue weighted by Gasteiger charge is 2.13. The Morgan fingerprint density at radius 3 is 2.53 bits per heavy atom. The van der Waals surface area contributed by atoms with E-state index in [1.165, 1.54) is 32.1 Å². The Bertz CT molecular complexity index is 323. The highest BCUT2D eigenvalue weighted by molar-refractivity contribution is 5.86. The first-order valence-corrected chi connectivity index (χ1v) is 6.94. The van der Waals surface area contributed by atoms with Gasteiger partial charge in [-0.3, -0.25) is 0 Å². The second kappa shape index (κ2) is 8.56. The summed E-state index contributed by atoms with van der Waals surface area (Å²) in [5.74, 6) is 0.185. The van der Waals surface area contributed by atoms with Gasteiger partial charge in [-0.15, -0.1) is 0 Å². The molecule has 0 aliphatic heterocycles. The van der Waals surface area contributed by atoms with Gasteiger partial charge in [-0.05, 0) is 25.7 Å². The molecule has 1 saturated carbocycles. The average Bonchev–Trinajstić information content (AvgIpc) is 2.42. The summed E-state index contributed by atoms with van der Waals surface area (Å²) in [5.41, 5.74) is 0.363. The molecule has 0 aromatic carbocycles. The van der Waals surface area contributed by atoms with Crippen molar-refractivity contribution in [2.24, 2.45) is 5.92 Å². The number of rotatable bonds is 6. The van der Waals surface area contributed by atoms with Gasteiger partial charge in [-0.25, -0.2) is 9.59 Å². The molecule has 2 N–H and O–H groups in total. The van der Waals surface area contributed by atoms with Crippen LogP contribution in [0.2, 0.25) is 0 Å². The highest BCUT2D eigenvalue weighted by atomic mass is 16.5. The maximum atomic E-state index is 11.5. The van der Waals surface area contributed by atoms with Crippen LogP contribution in [0.5, 0.6) is 0 Å². The number of urea groups is 1. The second-order valence-corrected chi connectivity index (χ2v) is 5.06. The van der Waals surface area contributed by atoms with Crippen LogP contribution in [-0.4, -0.2) is 31.7 Å². The third kappa shape index (κ3) is 6.84. The van der Waals surface area contributed by atoms with Crippen LogP contribution in [0.1, 0.15) is 39.0 Å². The standard InChI is InChI=1S/C14H24N2O3/c1-11(2)13(17)19-9-8-15-14(18)16-10-12-6-4-3-5-7-12/h12H,1,3-10H2,2H3,(H2,15,16,18). The first kappa shape index (κ1) is 15.5. The number of ether oxygens (including phenoxy) is 1. The van der Waals surface area contributed by atoms with Crippen molar-refractivity contribution in [2.45, 2.75) is 39.0 Å². The van der Waals surface area contributed by atoms with Crippen molar-refractivity contribution in [1.82, 2.24) is 10.6 Å². The fraction of sp³-hybridized carbons (Fsp3) is 0.714. The summed E-state index contributed by atoms with van der Waals surface area (Å²) in [5, 5.41) is 5.51. The van der Waals surface area contributed by atoms with Crippen LogP contribution < -0.4 is 10.6 Å². The van der Waals surface area contributed by atoms with Crippen LogP contribution in [0, 0.1) is 5.92 Å². The van der Waals surface area contributed by atoms with E-state index in [0.29, 0.717) is 18.0 Å². The van der Waals surface area contributed by atoms with E-state index in [9.17, 15) is 9.59 Å². The molecule has 1 fully saturated rings. The van der Waals surface area contributed by atoms with Gasteiger partial charge < -0.3 is 15.4 Å². The Balaban J connectivity index is 2.01. The molecule has 0 aromatic rings. The molecule has 19 heavy (non-hydrogen) atoms. The molecular weight excluding hydrogens is 244 g/mol. The van der Waals surface area contributed by atoms with Gasteiger partial charge in [0.2, 0.25) is 0 Å². The van der Waals surface area contributed by atoms with Crippen LogP contribution >= 0.6 is 0 Å². The minimum absolute atomic E-state index is 0.169. The molecule has 0 saturated heterocycles. The number of amides is 2. The molecule has 0 aromatic heterocycles. The number of nitrogens with one attached hydrogen (secondary N) is 2. The molecule has 0 atom stereocenters.